The molecule has 1 fully saturated rings. The second-order valence-corrected chi connectivity index (χ2v) is 8.92. The van der Waals surface area contributed by atoms with Crippen LogP contribution in [0.5, 0.6) is 17.2 Å². The maximum atomic E-state index is 9.31. The maximum absolute atomic E-state index is 9.31. The van der Waals surface area contributed by atoms with Gasteiger partial charge in [-0.3, -0.25) is 9.80 Å². The number of hydrogen-bond acceptors (Lipinski definition) is 6. The number of aryl methyl sites for hydroxylation is 1. The van der Waals surface area contributed by atoms with Crippen LogP contribution in [-0.4, -0.2) is 63.4 Å². The molecule has 3 rings (SSSR count). The molecule has 0 saturated carbocycles. The Hall–Kier alpha value is -2.75. The SMILES string of the molecule is CCCCCC(c1ccc(C#N)c(C)c1)N1CCN(CCOc2cccc(OC)c2OC)CC1. The molecule has 1 aliphatic heterocycles. The minimum atomic E-state index is 0.414. The summed E-state index contributed by atoms with van der Waals surface area (Å²) in [6.45, 7) is 9.92. The van der Waals surface area contributed by atoms with Crippen LogP contribution in [0.15, 0.2) is 36.4 Å². The van der Waals surface area contributed by atoms with Gasteiger partial charge in [-0.05, 0) is 42.7 Å². The van der Waals surface area contributed by atoms with E-state index in [9.17, 15) is 5.26 Å². The molecule has 1 aliphatic rings. The van der Waals surface area contributed by atoms with Gasteiger partial charge in [0.15, 0.2) is 11.5 Å². The molecule has 1 atom stereocenters. The summed E-state index contributed by atoms with van der Waals surface area (Å²) < 4.78 is 16.9. The molecular formula is C28H39N3O3. The van der Waals surface area contributed by atoms with E-state index in [4.69, 9.17) is 14.2 Å². The number of unbranched alkanes of at least 4 members (excludes halogenated alkanes) is 2. The second kappa shape index (κ2) is 13.2. The van der Waals surface area contributed by atoms with Gasteiger partial charge in [0.2, 0.25) is 5.75 Å². The molecule has 0 N–H and O–H groups in total. The zero-order valence-electron chi connectivity index (χ0n) is 21.2. The Morgan fingerprint density at radius 1 is 1.00 bits per heavy atom. The van der Waals surface area contributed by atoms with Crippen molar-refractivity contribution >= 4 is 0 Å². The fourth-order valence-corrected chi connectivity index (χ4v) is 4.72. The van der Waals surface area contributed by atoms with Gasteiger partial charge >= 0.3 is 0 Å². The van der Waals surface area contributed by atoms with Gasteiger partial charge in [-0.15, -0.1) is 0 Å². The van der Waals surface area contributed by atoms with E-state index < -0.39 is 0 Å². The van der Waals surface area contributed by atoms with Crippen molar-refractivity contribution in [2.24, 2.45) is 0 Å². The van der Waals surface area contributed by atoms with Crippen molar-refractivity contribution in [1.82, 2.24) is 9.80 Å². The number of benzene rings is 2. The number of ether oxygens (including phenoxy) is 3. The Morgan fingerprint density at radius 3 is 2.41 bits per heavy atom. The summed E-state index contributed by atoms with van der Waals surface area (Å²) in [5.74, 6) is 2.04. The van der Waals surface area contributed by atoms with E-state index in [1.54, 1.807) is 14.2 Å². The highest BCUT2D eigenvalue weighted by Crippen LogP contribution is 2.36. The largest absolute Gasteiger partial charge is 0.493 e. The smallest absolute Gasteiger partial charge is 0.203 e. The zero-order valence-corrected chi connectivity index (χ0v) is 21.2. The topological polar surface area (TPSA) is 58.0 Å². The first-order valence-electron chi connectivity index (χ1n) is 12.4. The molecule has 1 saturated heterocycles. The zero-order chi connectivity index (χ0) is 24.3. The van der Waals surface area contributed by atoms with E-state index in [0.717, 1.165) is 50.3 Å². The average molecular weight is 466 g/mol. The first-order valence-corrected chi connectivity index (χ1v) is 12.4. The Morgan fingerprint density at radius 2 is 1.76 bits per heavy atom. The summed E-state index contributed by atoms with van der Waals surface area (Å²) in [6.07, 6.45) is 4.89. The van der Waals surface area contributed by atoms with Crippen molar-refractivity contribution in [2.75, 3.05) is 53.6 Å². The van der Waals surface area contributed by atoms with Crippen LogP contribution in [0.3, 0.4) is 0 Å². The van der Waals surface area contributed by atoms with Crippen molar-refractivity contribution in [1.29, 1.82) is 5.26 Å². The van der Waals surface area contributed by atoms with Gasteiger partial charge in [-0.2, -0.15) is 5.26 Å². The molecule has 6 heteroatoms. The van der Waals surface area contributed by atoms with Crippen LogP contribution < -0.4 is 14.2 Å². The highest BCUT2D eigenvalue weighted by molar-refractivity contribution is 5.51. The normalized spacial score (nSPS) is 15.5. The van der Waals surface area contributed by atoms with Crippen LogP contribution in [0.1, 0.15) is 55.3 Å². The highest BCUT2D eigenvalue weighted by Gasteiger charge is 2.25. The lowest BCUT2D eigenvalue weighted by Gasteiger charge is -2.39. The molecule has 0 aliphatic carbocycles. The highest BCUT2D eigenvalue weighted by atomic mass is 16.5. The molecule has 0 amide bonds. The van der Waals surface area contributed by atoms with Crippen molar-refractivity contribution in [3.63, 3.8) is 0 Å². The lowest BCUT2D eigenvalue weighted by molar-refractivity contribution is 0.0814. The molecule has 0 spiro atoms. The Kier molecular flexibility index (Phi) is 10.1. The molecule has 1 heterocycles. The van der Waals surface area contributed by atoms with Crippen LogP contribution >= 0.6 is 0 Å². The monoisotopic (exact) mass is 465 g/mol. The van der Waals surface area contributed by atoms with Gasteiger partial charge in [-0.1, -0.05) is 44.4 Å². The first kappa shape index (κ1) is 25.9. The van der Waals surface area contributed by atoms with Crippen LogP contribution in [0, 0.1) is 18.3 Å². The third-order valence-electron chi connectivity index (χ3n) is 6.72. The van der Waals surface area contributed by atoms with Crippen molar-refractivity contribution in [3.05, 3.63) is 53.1 Å². The number of hydrogen-bond donors (Lipinski definition) is 0. The molecule has 34 heavy (non-hydrogen) atoms. The fourth-order valence-electron chi connectivity index (χ4n) is 4.72. The number of piperazine rings is 1. The van der Waals surface area contributed by atoms with Gasteiger partial charge in [0.05, 0.1) is 25.9 Å². The van der Waals surface area contributed by atoms with Crippen LogP contribution in [0.2, 0.25) is 0 Å². The standard InChI is InChI=1S/C28H39N3O3/c1-5-6-7-9-25(23-12-13-24(21-29)22(2)20-23)31-16-14-30(15-17-31)18-19-34-27-11-8-10-26(32-3)28(27)33-4/h8,10-13,20,25H,5-7,9,14-19H2,1-4H3. The molecule has 2 aromatic rings. The van der Waals surface area contributed by atoms with E-state index in [-0.39, 0.29) is 0 Å². The van der Waals surface area contributed by atoms with E-state index >= 15 is 0 Å². The molecule has 0 aromatic heterocycles. The predicted molar refractivity (Wildman–Crippen MR) is 136 cm³/mol. The summed E-state index contributed by atoms with van der Waals surface area (Å²) in [4.78, 5) is 5.09. The molecule has 184 valence electrons. The van der Waals surface area contributed by atoms with Crippen molar-refractivity contribution in [2.45, 2.75) is 45.6 Å². The van der Waals surface area contributed by atoms with Gasteiger partial charge < -0.3 is 14.2 Å². The quantitative estimate of drug-likeness (QED) is 0.402. The maximum Gasteiger partial charge on any atom is 0.203 e. The molecule has 0 radical (unpaired) electrons. The Bertz CT molecular complexity index is 948. The molecule has 0 bridgehead atoms. The number of methoxy groups -OCH3 is 2. The van der Waals surface area contributed by atoms with E-state index in [1.165, 1.54) is 24.8 Å². The second-order valence-electron chi connectivity index (χ2n) is 8.92. The number of nitriles is 1. The number of rotatable bonds is 12. The summed E-state index contributed by atoms with van der Waals surface area (Å²) in [6, 6.07) is 14.8. The summed E-state index contributed by atoms with van der Waals surface area (Å²) >= 11 is 0. The average Bonchev–Trinajstić information content (AvgIpc) is 2.87. The Balaban J connectivity index is 1.56. The summed E-state index contributed by atoms with van der Waals surface area (Å²) in [7, 11) is 3.27. The van der Waals surface area contributed by atoms with E-state index in [0.29, 0.717) is 29.9 Å². The van der Waals surface area contributed by atoms with Gasteiger partial charge in [0.1, 0.15) is 6.61 Å². The van der Waals surface area contributed by atoms with Crippen molar-refractivity contribution < 1.29 is 14.2 Å². The summed E-state index contributed by atoms with van der Waals surface area (Å²) in [5, 5.41) is 9.31. The third kappa shape index (κ3) is 6.65. The lowest BCUT2D eigenvalue weighted by atomic mass is 9.95. The minimum absolute atomic E-state index is 0.414. The lowest BCUT2D eigenvalue weighted by Crippen LogP contribution is -2.48. The molecule has 1 unspecified atom stereocenters. The van der Waals surface area contributed by atoms with Crippen LogP contribution in [0.25, 0.3) is 0 Å². The van der Waals surface area contributed by atoms with Crippen LogP contribution in [0.4, 0.5) is 0 Å². The van der Waals surface area contributed by atoms with E-state index in [1.807, 2.05) is 31.2 Å². The molecule has 6 nitrogen and oxygen atoms in total. The number of para-hydroxylation sites is 1. The van der Waals surface area contributed by atoms with Gasteiger partial charge in [0, 0.05) is 38.8 Å². The van der Waals surface area contributed by atoms with Crippen molar-refractivity contribution in [3.8, 4) is 23.3 Å². The predicted octanol–water partition coefficient (Wildman–Crippen LogP) is 5.20. The third-order valence-corrected chi connectivity index (χ3v) is 6.72. The van der Waals surface area contributed by atoms with Gasteiger partial charge in [-0.25, -0.2) is 0 Å². The minimum Gasteiger partial charge on any atom is -0.493 e. The summed E-state index contributed by atoms with van der Waals surface area (Å²) in [5.41, 5.74) is 3.19. The van der Waals surface area contributed by atoms with Crippen LogP contribution in [-0.2, 0) is 0 Å². The van der Waals surface area contributed by atoms with E-state index in [2.05, 4.69) is 34.9 Å². The molecule has 2 aromatic carbocycles. The van der Waals surface area contributed by atoms with Gasteiger partial charge in [0.25, 0.3) is 0 Å². The molecular weight excluding hydrogens is 426 g/mol. The first-order chi connectivity index (χ1) is 16.6. The Labute approximate surface area is 205 Å². The fraction of sp³-hybridized carbons (Fsp3) is 0.536. The number of nitrogens with zero attached hydrogens (tertiary/aromatic N) is 3.